The minimum absolute atomic E-state index is 0.164. The van der Waals surface area contributed by atoms with Crippen molar-refractivity contribution in [3.05, 3.63) is 78.0 Å². The van der Waals surface area contributed by atoms with Crippen LogP contribution in [0.25, 0.3) is 44.2 Å². The van der Waals surface area contributed by atoms with Gasteiger partial charge in [0.25, 0.3) is 0 Å². The number of methoxy groups -OCH3 is 1. The van der Waals surface area contributed by atoms with Crippen LogP contribution in [0.3, 0.4) is 0 Å². The Morgan fingerprint density at radius 2 is 1.82 bits per heavy atom. The van der Waals surface area contributed by atoms with Gasteiger partial charge >= 0.3 is 5.97 Å². The Labute approximate surface area is 190 Å². The van der Waals surface area contributed by atoms with Gasteiger partial charge in [0.15, 0.2) is 0 Å². The number of ether oxygens (including phenoxy) is 1. The van der Waals surface area contributed by atoms with E-state index in [4.69, 9.17) is 9.72 Å². The van der Waals surface area contributed by atoms with Crippen LogP contribution in [0.15, 0.2) is 66.9 Å². The Hall–Kier alpha value is -4.19. The number of aromatic nitrogens is 3. The van der Waals surface area contributed by atoms with Crippen molar-refractivity contribution >= 4 is 27.8 Å². The summed E-state index contributed by atoms with van der Waals surface area (Å²) in [5, 5.41) is 18.6. The van der Waals surface area contributed by atoms with Gasteiger partial charge in [0.05, 0.1) is 35.6 Å². The van der Waals surface area contributed by atoms with Crippen LogP contribution in [0, 0.1) is 0 Å². The number of nitrogens with one attached hydrogen (secondary N) is 1. The van der Waals surface area contributed by atoms with Gasteiger partial charge in [-0.05, 0) is 59.0 Å². The van der Waals surface area contributed by atoms with E-state index in [0.717, 1.165) is 55.5 Å². The fourth-order valence-corrected chi connectivity index (χ4v) is 4.36. The van der Waals surface area contributed by atoms with Gasteiger partial charge in [-0.1, -0.05) is 38.1 Å². The highest BCUT2D eigenvalue weighted by molar-refractivity contribution is 6.05. The van der Waals surface area contributed by atoms with Crippen LogP contribution in [0.5, 0.6) is 5.75 Å². The van der Waals surface area contributed by atoms with Crippen LogP contribution >= 0.6 is 0 Å². The molecule has 0 radical (unpaired) electrons. The number of pyridine rings is 1. The summed E-state index contributed by atoms with van der Waals surface area (Å²) < 4.78 is 5.51. The summed E-state index contributed by atoms with van der Waals surface area (Å²) in [5.41, 5.74) is 6.94. The fourth-order valence-electron chi connectivity index (χ4n) is 4.36. The predicted octanol–water partition coefficient (Wildman–Crippen LogP) is 6.28. The van der Waals surface area contributed by atoms with E-state index in [-0.39, 0.29) is 11.5 Å². The minimum Gasteiger partial charge on any atom is -0.497 e. The first-order valence-electron chi connectivity index (χ1n) is 10.7. The number of hydrogen-bond acceptors (Lipinski definition) is 4. The summed E-state index contributed by atoms with van der Waals surface area (Å²) in [5.74, 6) is -0.00275. The number of hydrogen-bond donors (Lipinski definition) is 2. The van der Waals surface area contributed by atoms with Gasteiger partial charge in [-0.15, -0.1) is 0 Å². The molecular formula is C27H23N3O3. The highest BCUT2D eigenvalue weighted by Crippen LogP contribution is 2.42. The van der Waals surface area contributed by atoms with E-state index < -0.39 is 5.97 Å². The summed E-state index contributed by atoms with van der Waals surface area (Å²) in [7, 11) is 1.66. The van der Waals surface area contributed by atoms with E-state index in [1.165, 1.54) is 0 Å². The Morgan fingerprint density at radius 3 is 2.52 bits per heavy atom. The molecule has 0 unspecified atom stereocenters. The molecule has 6 heteroatoms. The maximum absolute atomic E-state index is 11.4. The van der Waals surface area contributed by atoms with Crippen molar-refractivity contribution in [2.75, 3.05) is 7.11 Å². The number of fused-ring (bicyclic) bond motifs is 2. The molecule has 0 aliphatic rings. The molecule has 2 aromatic heterocycles. The van der Waals surface area contributed by atoms with Crippen molar-refractivity contribution < 1.29 is 14.6 Å². The average Bonchev–Trinajstić information content (AvgIpc) is 3.28. The van der Waals surface area contributed by atoms with Gasteiger partial charge in [-0.2, -0.15) is 5.10 Å². The smallest absolute Gasteiger partial charge is 0.335 e. The van der Waals surface area contributed by atoms with Crippen molar-refractivity contribution in [3.8, 4) is 28.1 Å². The van der Waals surface area contributed by atoms with Crippen molar-refractivity contribution in [1.82, 2.24) is 15.2 Å². The van der Waals surface area contributed by atoms with E-state index in [1.54, 1.807) is 19.2 Å². The number of carboxylic acids is 1. The van der Waals surface area contributed by atoms with Gasteiger partial charge in [0, 0.05) is 16.3 Å². The number of carbonyl (C=O) groups is 1. The van der Waals surface area contributed by atoms with Crippen molar-refractivity contribution in [2.24, 2.45) is 0 Å². The third-order valence-electron chi connectivity index (χ3n) is 5.92. The SMILES string of the molecule is COc1cccc(-c2c(C(C)C)c(-c3ccc(C(=O)O)cc3)nc3cc4[nH]ncc4cc23)c1. The number of rotatable bonds is 5. The number of nitrogens with zero attached hydrogens (tertiary/aromatic N) is 2. The summed E-state index contributed by atoms with van der Waals surface area (Å²) in [6.45, 7) is 4.30. The van der Waals surface area contributed by atoms with E-state index in [0.29, 0.717) is 0 Å². The van der Waals surface area contributed by atoms with Gasteiger partial charge in [0.2, 0.25) is 0 Å². The molecule has 0 saturated heterocycles. The summed E-state index contributed by atoms with van der Waals surface area (Å²) >= 11 is 0. The topological polar surface area (TPSA) is 88.1 Å². The minimum atomic E-state index is -0.948. The highest BCUT2D eigenvalue weighted by atomic mass is 16.5. The fraction of sp³-hybridized carbons (Fsp3) is 0.148. The van der Waals surface area contributed by atoms with Crippen molar-refractivity contribution in [3.63, 3.8) is 0 Å². The molecule has 0 atom stereocenters. The maximum atomic E-state index is 11.4. The van der Waals surface area contributed by atoms with Crippen LogP contribution in [0.1, 0.15) is 35.7 Å². The normalized spacial score (nSPS) is 11.4. The lowest BCUT2D eigenvalue weighted by Gasteiger charge is -2.21. The lowest BCUT2D eigenvalue weighted by Crippen LogP contribution is -2.02. The first kappa shape index (κ1) is 20.7. The third-order valence-corrected chi connectivity index (χ3v) is 5.92. The molecule has 6 nitrogen and oxygen atoms in total. The molecule has 0 aliphatic heterocycles. The second kappa shape index (κ2) is 8.06. The second-order valence-corrected chi connectivity index (χ2v) is 8.34. The van der Waals surface area contributed by atoms with Crippen LogP contribution in [0.4, 0.5) is 0 Å². The molecule has 0 aliphatic carbocycles. The van der Waals surface area contributed by atoms with Gasteiger partial charge < -0.3 is 9.84 Å². The van der Waals surface area contributed by atoms with Crippen molar-refractivity contribution in [1.29, 1.82) is 0 Å². The van der Waals surface area contributed by atoms with Crippen LogP contribution in [0.2, 0.25) is 0 Å². The first-order chi connectivity index (χ1) is 16.0. The summed E-state index contributed by atoms with van der Waals surface area (Å²) in [4.78, 5) is 16.4. The van der Waals surface area contributed by atoms with Crippen LogP contribution in [-0.4, -0.2) is 33.4 Å². The van der Waals surface area contributed by atoms with Crippen molar-refractivity contribution in [2.45, 2.75) is 19.8 Å². The van der Waals surface area contributed by atoms with Crippen LogP contribution < -0.4 is 4.74 Å². The molecule has 2 N–H and O–H groups in total. The van der Waals surface area contributed by atoms with Crippen LogP contribution in [-0.2, 0) is 0 Å². The molecule has 0 fully saturated rings. The monoisotopic (exact) mass is 437 g/mol. The largest absolute Gasteiger partial charge is 0.497 e. The molecular weight excluding hydrogens is 414 g/mol. The maximum Gasteiger partial charge on any atom is 0.335 e. The van der Waals surface area contributed by atoms with E-state index >= 15 is 0 Å². The number of aromatic amines is 1. The quantitative estimate of drug-likeness (QED) is 0.338. The molecule has 5 aromatic rings. The van der Waals surface area contributed by atoms with Gasteiger partial charge in [-0.3, -0.25) is 5.10 Å². The first-order valence-corrected chi connectivity index (χ1v) is 10.7. The molecule has 0 amide bonds. The Kier molecular flexibility index (Phi) is 5.05. The highest BCUT2D eigenvalue weighted by Gasteiger charge is 2.21. The molecule has 3 aromatic carbocycles. The number of H-pyrrole nitrogens is 1. The Balaban J connectivity index is 1.89. The third kappa shape index (κ3) is 3.59. The molecule has 0 spiro atoms. The molecule has 5 rings (SSSR count). The number of benzene rings is 3. The van der Waals surface area contributed by atoms with Gasteiger partial charge in [0.1, 0.15) is 5.75 Å². The standard InChI is InChI=1S/C27H23N3O3/c1-15(2)24-25(18-5-4-6-20(11-18)33-3)21-12-19-14-28-30-22(19)13-23(21)29-26(24)16-7-9-17(10-8-16)27(31)32/h4-15H,1-3H3,(H,28,30)(H,31,32). The molecule has 164 valence electrons. The summed E-state index contributed by atoms with van der Waals surface area (Å²) in [6, 6.07) is 19.1. The Bertz CT molecular complexity index is 1500. The molecule has 2 heterocycles. The molecule has 33 heavy (non-hydrogen) atoms. The number of carboxylic acid groups (broad SMARTS) is 1. The van der Waals surface area contributed by atoms with E-state index in [2.05, 4.69) is 36.2 Å². The predicted molar refractivity (Wildman–Crippen MR) is 130 cm³/mol. The molecule has 0 bridgehead atoms. The average molecular weight is 437 g/mol. The second-order valence-electron chi connectivity index (χ2n) is 8.34. The number of aromatic carboxylic acids is 1. The summed E-state index contributed by atoms with van der Waals surface area (Å²) in [6.07, 6.45) is 1.82. The zero-order valence-electron chi connectivity index (χ0n) is 18.6. The van der Waals surface area contributed by atoms with Gasteiger partial charge in [-0.25, -0.2) is 9.78 Å². The zero-order chi connectivity index (χ0) is 23.1. The van der Waals surface area contributed by atoms with E-state index in [9.17, 15) is 9.90 Å². The lowest BCUT2D eigenvalue weighted by molar-refractivity contribution is 0.0697. The molecule has 0 saturated carbocycles. The zero-order valence-corrected chi connectivity index (χ0v) is 18.6. The van der Waals surface area contributed by atoms with E-state index in [1.807, 2.05) is 42.6 Å². The Morgan fingerprint density at radius 1 is 1.03 bits per heavy atom. The lowest BCUT2D eigenvalue weighted by atomic mass is 9.86.